The lowest BCUT2D eigenvalue weighted by molar-refractivity contribution is -0.148. The molecule has 1 heterocycles. The summed E-state index contributed by atoms with van der Waals surface area (Å²) in [5, 5.41) is 11.9. The molecule has 21 heavy (non-hydrogen) atoms. The third kappa shape index (κ3) is 3.86. The van der Waals surface area contributed by atoms with Crippen LogP contribution in [0.3, 0.4) is 0 Å². The number of urea groups is 1. The molecule has 1 aliphatic heterocycles. The first kappa shape index (κ1) is 17.3. The van der Waals surface area contributed by atoms with E-state index in [9.17, 15) is 19.5 Å². The fourth-order valence-corrected chi connectivity index (χ4v) is 2.61. The second-order valence-electron chi connectivity index (χ2n) is 5.34. The first-order chi connectivity index (χ1) is 9.90. The number of carboxylic acids is 1. The number of aliphatic carboxylic acids is 1. The van der Waals surface area contributed by atoms with Crippen molar-refractivity contribution in [1.29, 1.82) is 0 Å². The monoisotopic (exact) mass is 299 g/mol. The third-order valence-electron chi connectivity index (χ3n) is 4.28. The number of carbonyl (C=O) groups excluding carboxylic acids is 2. The van der Waals surface area contributed by atoms with Gasteiger partial charge >= 0.3 is 12.0 Å². The summed E-state index contributed by atoms with van der Waals surface area (Å²) in [7, 11) is 0. The molecule has 7 heteroatoms. The van der Waals surface area contributed by atoms with E-state index in [-0.39, 0.29) is 25.0 Å². The number of likely N-dealkylation sites (N-methyl/N-ethyl adjacent to an activating group) is 1. The van der Waals surface area contributed by atoms with Gasteiger partial charge in [0.1, 0.15) is 0 Å². The van der Waals surface area contributed by atoms with Crippen LogP contribution in [0.5, 0.6) is 0 Å². The number of carboxylic acid groups (broad SMARTS) is 1. The van der Waals surface area contributed by atoms with Crippen molar-refractivity contribution in [2.45, 2.75) is 33.6 Å². The van der Waals surface area contributed by atoms with Crippen LogP contribution in [-0.2, 0) is 9.59 Å². The van der Waals surface area contributed by atoms with Crippen molar-refractivity contribution in [2.24, 2.45) is 5.41 Å². The van der Waals surface area contributed by atoms with E-state index in [0.717, 1.165) is 0 Å². The van der Waals surface area contributed by atoms with E-state index >= 15 is 0 Å². The molecule has 0 aliphatic carbocycles. The molecule has 1 unspecified atom stereocenters. The van der Waals surface area contributed by atoms with Crippen LogP contribution in [0.15, 0.2) is 0 Å². The maximum atomic E-state index is 12.0. The van der Waals surface area contributed by atoms with Gasteiger partial charge in [-0.05, 0) is 26.7 Å². The van der Waals surface area contributed by atoms with E-state index in [0.29, 0.717) is 32.5 Å². The van der Waals surface area contributed by atoms with Gasteiger partial charge in [0.05, 0.1) is 12.0 Å². The van der Waals surface area contributed by atoms with Crippen molar-refractivity contribution in [3.05, 3.63) is 0 Å². The highest BCUT2D eigenvalue weighted by atomic mass is 16.4. The minimum atomic E-state index is -0.862. The lowest BCUT2D eigenvalue weighted by atomic mass is 9.84. The van der Waals surface area contributed by atoms with Crippen LogP contribution in [0.1, 0.15) is 33.6 Å². The molecule has 0 aromatic heterocycles. The fourth-order valence-electron chi connectivity index (χ4n) is 2.61. The quantitative estimate of drug-likeness (QED) is 0.757. The Labute approximate surface area is 125 Å². The standard InChI is InChI=1S/C14H25N3O4/c1-4-14(12(19)20)7-8-17(10-14)13(21)15-9-11(18)16(5-2)6-3/h4-10H2,1-3H3,(H,15,21)(H,19,20). The smallest absolute Gasteiger partial charge is 0.317 e. The zero-order chi connectivity index (χ0) is 16.0. The summed E-state index contributed by atoms with van der Waals surface area (Å²) >= 11 is 0. The number of rotatable bonds is 6. The minimum absolute atomic E-state index is 0.0524. The Kier molecular flexibility index (Phi) is 5.99. The molecule has 3 amide bonds. The molecule has 1 rings (SSSR count). The number of nitrogens with zero attached hydrogens (tertiary/aromatic N) is 2. The van der Waals surface area contributed by atoms with E-state index in [4.69, 9.17) is 0 Å². The largest absolute Gasteiger partial charge is 0.481 e. The molecule has 0 spiro atoms. The van der Waals surface area contributed by atoms with Gasteiger partial charge in [0, 0.05) is 26.2 Å². The predicted octanol–water partition coefficient (Wildman–Crippen LogP) is 0.751. The minimum Gasteiger partial charge on any atom is -0.481 e. The van der Waals surface area contributed by atoms with Crippen molar-refractivity contribution in [3.8, 4) is 0 Å². The molecular formula is C14H25N3O4. The summed E-state index contributed by atoms with van der Waals surface area (Å²) < 4.78 is 0. The molecule has 2 N–H and O–H groups in total. The van der Waals surface area contributed by atoms with Crippen LogP contribution in [0, 0.1) is 5.41 Å². The number of likely N-dealkylation sites (tertiary alicyclic amines) is 1. The second-order valence-corrected chi connectivity index (χ2v) is 5.34. The summed E-state index contributed by atoms with van der Waals surface area (Å²) in [5.74, 6) is -0.993. The SMILES string of the molecule is CCN(CC)C(=O)CNC(=O)N1CCC(CC)(C(=O)O)C1. The number of nitrogens with one attached hydrogen (secondary N) is 1. The lowest BCUT2D eigenvalue weighted by Crippen LogP contribution is -2.46. The molecule has 1 saturated heterocycles. The van der Waals surface area contributed by atoms with Gasteiger partial charge in [-0.3, -0.25) is 9.59 Å². The molecule has 120 valence electrons. The molecule has 0 aromatic carbocycles. The van der Waals surface area contributed by atoms with E-state index in [1.165, 1.54) is 4.90 Å². The van der Waals surface area contributed by atoms with Gasteiger partial charge in [-0.2, -0.15) is 0 Å². The topological polar surface area (TPSA) is 90.0 Å². The summed E-state index contributed by atoms with van der Waals surface area (Å²) in [5.41, 5.74) is -0.847. The molecule has 7 nitrogen and oxygen atoms in total. The van der Waals surface area contributed by atoms with Crippen LogP contribution < -0.4 is 5.32 Å². The van der Waals surface area contributed by atoms with Crippen molar-refractivity contribution in [2.75, 3.05) is 32.7 Å². The summed E-state index contributed by atoms with van der Waals surface area (Å²) in [6.07, 6.45) is 0.945. The van der Waals surface area contributed by atoms with Crippen molar-refractivity contribution in [1.82, 2.24) is 15.1 Å². The summed E-state index contributed by atoms with van der Waals surface area (Å²) in [6, 6.07) is -0.368. The van der Waals surface area contributed by atoms with Gasteiger partial charge in [0.2, 0.25) is 5.91 Å². The molecular weight excluding hydrogens is 274 g/mol. The van der Waals surface area contributed by atoms with Crippen molar-refractivity contribution in [3.63, 3.8) is 0 Å². The van der Waals surface area contributed by atoms with Crippen LogP contribution in [0.25, 0.3) is 0 Å². The van der Waals surface area contributed by atoms with Crippen molar-refractivity contribution >= 4 is 17.9 Å². The van der Waals surface area contributed by atoms with Gasteiger partial charge in [0.15, 0.2) is 0 Å². The van der Waals surface area contributed by atoms with E-state index < -0.39 is 11.4 Å². The highest BCUT2D eigenvalue weighted by molar-refractivity contribution is 5.85. The molecule has 0 bridgehead atoms. The second kappa shape index (κ2) is 7.28. The average molecular weight is 299 g/mol. The zero-order valence-electron chi connectivity index (χ0n) is 13.0. The number of carbonyl (C=O) groups is 3. The number of hydrogen-bond donors (Lipinski definition) is 2. The number of amides is 3. The zero-order valence-corrected chi connectivity index (χ0v) is 13.0. The normalized spacial score (nSPS) is 21.2. The van der Waals surface area contributed by atoms with E-state index in [1.54, 1.807) is 4.90 Å². The van der Waals surface area contributed by atoms with E-state index in [2.05, 4.69) is 5.32 Å². The maximum Gasteiger partial charge on any atom is 0.317 e. The average Bonchev–Trinajstić information content (AvgIpc) is 2.92. The van der Waals surface area contributed by atoms with Gasteiger partial charge in [-0.1, -0.05) is 6.92 Å². The Morgan fingerprint density at radius 2 is 1.86 bits per heavy atom. The highest BCUT2D eigenvalue weighted by Crippen LogP contribution is 2.34. The lowest BCUT2D eigenvalue weighted by Gasteiger charge is -2.24. The highest BCUT2D eigenvalue weighted by Gasteiger charge is 2.44. The maximum absolute atomic E-state index is 12.0. The molecule has 1 atom stereocenters. The molecule has 1 fully saturated rings. The van der Waals surface area contributed by atoms with Gasteiger partial charge in [-0.15, -0.1) is 0 Å². The Balaban J connectivity index is 2.51. The van der Waals surface area contributed by atoms with Crippen LogP contribution in [-0.4, -0.2) is 65.5 Å². The van der Waals surface area contributed by atoms with Crippen LogP contribution in [0.2, 0.25) is 0 Å². The molecule has 0 radical (unpaired) electrons. The Morgan fingerprint density at radius 1 is 1.24 bits per heavy atom. The van der Waals surface area contributed by atoms with Gasteiger partial charge in [-0.25, -0.2) is 4.79 Å². The summed E-state index contributed by atoms with van der Waals surface area (Å²) in [4.78, 5) is 38.3. The van der Waals surface area contributed by atoms with Crippen molar-refractivity contribution < 1.29 is 19.5 Å². The predicted molar refractivity (Wildman–Crippen MR) is 77.9 cm³/mol. The first-order valence-electron chi connectivity index (χ1n) is 7.44. The Morgan fingerprint density at radius 3 is 2.29 bits per heavy atom. The van der Waals surface area contributed by atoms with Gasteiger partial charge in [0.25, 0.3) is 0 Å². The first-order valence-corrected chi connectivity index (χ1v) is 7.44. The molecule has 1 aliphatic rings. The van der Waals surface area contributed by atoms with Gasteiger partial charge < -0.3 is 20.2 Å². The third-order valence-corrected chi connectivity index (χ3v) is 4.28. The Bertz CT molecular complexity index is 409. The summed E-state index contributed by atoms with van der Waals surface area (Å²) in [6.45, 7) is 7.34. The Hall–Kier alpha value is -1.79. The van der Waals surface area contributed by atoms with Crippen LogP contribution >= 0.6 is 0 Å². The van der Waals surface area contributed by atoms with Crippen LogP contribution in [0.4, 0.5) is 4.79 Å². The molecule has 0 saturated carbocycles. The van der Waals surface area contributed by atoms with E-state index in [1.807, 2.05) is 20.8 Å². The molecule has 0 aromatic rings. The fraction of sp³-hybridized carbons (Fsp3) is 0.786. The number of hydrogen-bond acceptors (Lipinski definition) is 3.